The molecule has 21 heavy (non-hydrogen) atoms. The molecule has 2 aromatic rings. The number of sulfonamides is 1. The van der Waals surface area contributed by atoms with E-state index in [1.807, 2.05) is 0 Å². The molecule has 0 atom stereocenters. The first-order chi connectivity index (χ1) is 9.99. The van der Waals surface area contributed by atoms with Crippen LogP contribution in [0.5, 0.6) is 0 Å². The van der Waals surface area contributed by atoms with Gasteiger partial charge in [0.15, 0.2) is 6.20 Å². The van der Waals surface area contributed by atoms with Crippen LogP contribution in [-0.2, 0) is 16.4 Å². The minimum atomic E-state index is -3.73. The van der Waals surface area contributed by atoms with Crippen molar-refractivity contribution in [2.24, 2.45) is 0 Å². The maximum absolute atomic E-state index is 11.9. The van der Waals surface area contributed by atoms with E-state index in [1.165, 1.54) is 6.33 Å². The molecule has 0 aliphatic rings. The molecule has 2 aromatic heterocycles. The smallest absolute Gasteiger partial charge is 0.358 e. The summed E-state index contributed by atoms with van der Waals surface area (Å²) < 4.78 is 26.2. The lowest BCUT2D eigenvalue weighted by Crippen LogP contribution is -2.25. The first-order valence-corrected chi connectivity index (χ1v) is 7.42. The second-order valence-electron chi connectivity index (χ2n) is 4.04. The number of hydrogen-bond acceptors (Lipinski definition) is 7. The average molecular weight is 312 g/mol. The number of hydrogen-bond donors (Lipinski definition) is 2. The molecule has 112 valence electrons. The van der Waals surface area contributed by atoms with Gasteiger partial charge < -0.3 is 10.1 Å². The molecule has 0 radical (unpaired) electrons. The summed E-state index contributed by atoms with van der Waals surface area (Å²) in [4.78, 5) is 17.0. The Morgan fingerprint density at radius 3 is 2.71 bits per heavy atom. The molecule has 0 unspecified atom stereocenters. The van der Waals surface area contributed by atoms with E-state index < -0.39 is 20.8 Å². The van der Waals surface area contributed by atoms with Gasteiger partial charge in [-0.2, -0.15) is 5.10 Å². The summed E-state index contributed by atoms with van der Waals surface area (Å²) in [5.41, 5.74) is 0. The van der Waals surface area contributed by atoms with Gasteiger partial charge in [-0.25, -0.2) is 18.1 Å². The molecular weight excluding hydrogens is 300 g/mol. The minimum absolute atomic E-state index is 0.118. The van der Waals surface area contributed by atoms with Crippen LogP contribution in [0.1, 0.15) is 12.2 Å². The van der Waals surface area contributed by atoms with E-state index in [2.05, 4.69) is 24.9 Å². The Balaban J connectivity index is 1.90. The van der Waals surface area contributed by atoms with Crippen LogP contribution in [0, 0.1) is 10.1 Å². The van der Waals surface area contributed by atoms with Crippen molar-refractivity contribution in [3.05, 3.63) is 40.6 Å². The number of aromatic amines is 1. The summed E-state index contributed by atoms with van der Waals surface area (Å²) in [5, 5.41) is 16.8. The van der Waals surface area contributed by atoms with Gasteiger partial charge in [0.05, 0.1) is 0 Å². The largest absolute Gasteiger partial charge is 0.363 e. The molecule has 0 aromatic carbocycles. The van der Waals surface area contributed by atoms with Crippen molar-refractivity contribution in [3.63, 3.8) is 0 Å². The van der Waals surface area contributed by atoms with E-state index in [0.717, 1.165) is 18.3 Å². The molecule has 10 nitrogen and oxygen atoms in total. The lowest BCUT2D eigenvalue weighted by Gasteiger charge is -2.04. The molecule has 0 spiro atoms. The number of H-pyrrole nitrogens is 1. The van der Waals surface area contributed by atoms with E-state index in [4.69, 9.17) is 0 Å². The summed E-state index contributed by atoms with van der Waals surface area (Å²) in [6.07, 6.45) is 3.43. The standard InChI is InChI=1S/C10H12N6O4S/c17-16(18)10-4-3-8(6-11-10)21(19,20)14-5-1-2-9-12-7-13-15-9/h3-4,6-7,14H,1-2,5H2,(H,12,13,15). The summed E-state index contributed by atoms with van der Waals surface area (Å²) in [6, 6.07) is 2.19. The average Bonchev–Trinajstić information content (AvgIpc) is 2.97. The highest BCUT2D eigenvalue weighted by Gasteiger charge is 2.17. The zero-order valence-corrected chi connectivity index (χ0v) is 11.6. The third-order valence-electron chi connectivity index (χ3n) is 2.57. The topological polar surface area (TPSA) is 144 Å². The molecule has 0 saturated carbocycles. The predicted octanol–water partition coefficient (Wildman–Crippen LogP) is 0.0190. The van der Waals surface area contributed by atoms with Crippen molar-refractivity contribution in [2.45, 2.75) is 17.7 Å². The van der Waals surface area contributed by atoms with Crippen LogP contribution in [0.4, 0.5) is 5.82 Å². The second kappa shape index (κ2) is 6.37. The summed E-state index contributed by atoms with van der Waals surface area (Å²) in [6.45, 7) is 0.208. The van der Waals surface area contributed by atoms with Gasteiger partial charge in [-0.05, 0) is 22.4 Å². The molecule has 0 aliphatic carbocycles. The maximum Gasteiger partial charge on any atom is 0.363 e. The van der Waals surface area contributed by atoms with Crippen LogP contribution in [0.2, 0.25) is 0 Å². The van der Waals surface area contributed by atoms with Crippen molar-refractivity contribution in [3.8, 4) is 0 Å². The number of nitrogens with one attached hydrogen (secondary N) is 2. The fraction of sp³-hybridized carbons (Fsp3) is 0.300. The van der Waals surface area contributed by atoms with Crippen molar-refractivity contribution in [1.29, 1.82) is 0 Å². The Morgan fingerprint density at radius 1 is 1.33 bits per heavy atom. The summed E-state index contributed by atoms with van der Waals surface area (Å²) >= 11 is 0. The molecule has 0 aliphatic heterocycles. The lowest BCUT2D eigenvalue weighted by atomic mass is 10.3. The molecular formula is C10H12N6O4S. The highest BCUT2D eigenvalue weighted by Crippen LogP contribution is 2.12. The molecule has 0 amide bonds. The van der Waals surface area contributed by atoms with E-state index >= 15 is 0 Å². The van der Waals surface area contributed by atoms with Crippen molar-refractivity contribution >= 4 is 15.8 Å². The molecule has 2 heterocycles. The van der Waals surface area contributed by atoms with Crippen LogP contribution in [0.15, 0.2) is 29.6 Å². The predicted molar refractivity (Wildman–Crippen MR) is 70.8 cm³/mol. The van der Waals surface area contributed by atoms with Gasteiger partial charge in [-0.15, -0.1) is 0 Å². The number of nitro groups is 1. The molecule has 2 N–H and O–H groups in total. The van der Waals surface area contributed by atoms with Gasteiger partial charge in [0.2, 0.25) is 10.0 Å². The molecule has 0 bridgehead atoms. The number of nitrogens with zero attached hydrogens (tertiary/aromatic N) is 4. The van der Waals surface area contributed by atoms with Crippen molar-refractivity contribution in [2.75, 3.05) is 6.54 Å². The quantitative estimate of drug-likeness (QED) is 0.416. The van der Waals surface area contributed by atoms with Crippen LogP contribution < -0.4 is 4.72 Å². The van der Waals surface area contributed by atoms with E-state index in [1.54, 1.807) is 0 Å². The van der Waals surface area contributed by atoms with Gasteiger partial charge >= 0.3 is 5.82 Å². The molecule has 0 fully saturated rings. The molecule has 11 heteroatoms. The number of aryl methyl sites for hydroxylation is 1. The highest BCUT2D eigenvalue weighted by atomic mass is 32.2. The number of pyridine rings is 1. The first-order valence-electron chi connectivity index (χ1n) is 5.93. The van der Waals surface area contributed by atoms with Crippen molar-refractivity contribution in [1.82, 2.24) is 24.9 Å². The first kappa shape index (κ1) is 15.0. The second-order valence-corrected chi connectivity index (χ2v) is 5.81. The summed E-state index contributed by atoms with van der Waals surface area (Å²) in [7, 11) is -3.73. The van der Waals surface area contributed by atoms with Crippen molar-refractivity contribution < 1.29 is 13.3 Å². The maximum atomic E-state index is 11.9. The van der Waals surface area contributed by atoms with Gasteiger partial charge in [0.1, 0.15) is 17.0 Å². The molecule has 2 rings (SSSR count). The zero-order chi connectivity index (χ0) is 15.3. The Morgan fingerprint density at radius 2 is 2.14 bits per heavy atom. The van der Waals surface area contributed by atoms with Crippen LogP contribution in [0.25, 0.3) is 0 Å². The monoisotopic (exact) mass is 312 g/mol. The van der Waals surface area contributed by atoms with E-state index in [0.29, 0.717) is 18.7 Å². The molecule has 0 saturated heterocycles. The van der Waals surface area contributed by atoms with Gasteiger partial charge in [0, 0.05) is 19.0 Å². The summed E-state index contributed by atoms with van der Waals surface area (Å²) in [5.74, 6) is 0.269. The minimum Gasteiger partial charge on any atom is -0.358 e. The highest BCUT2D eigenvalue weighted by molar-refractivity contribution is 7.89. The third-order valence-corrected chi connectivity index (χ3v) is 4.01. The SMILES string of the molecule is O=[N+]([O-])c1ccc(S(=O)(=O)NCCCc2ncn[nH]2)cn1. The van der Waals surface area contributed by atoms with Gasteiger partial charge in [-0.1, -0.05) is 0 Å². The normalized spacial score (nSPS) is 11.4. The van der Waals surface area contributed by atoms with E-state index in [-0.39, 0.29) is 11.4 Å². The van der Waals surface area contributed by atoms with Crippen LogP contribution in [0.3, 0.4) is 0 Å². The third kappa shape index (κ3) is 4.03. The fourth-order valence-electron chi connectivity index (χ4n) is 1.54. The lowest BCUT2D eigenvalue weighted by molar-refractivity contribution is -0.389. The van der Waals surface area contributed by atoms with Crippen LogP contribution in [-0.4, -0.2) is 40.1 Å². The number of rotatable bonds is 7. The zero-order valence-electron chi connectivity index (χ0n) is 10.8. The Labute approximate surface area is 119 Å². The fourth-order valence-corrected chi connectivity index (χ4v) is 2.55. The van der Waals surface area contributed by atoms with Gasteiger partial charge in [0.25, 0.3) is 0 Å². The Kier molecular flexibility index (Phi) is 4.55. The number of aromatic nitrogens is 4. The Hall–Kier alpha value is -2.40. The van der Waals surface area contributed by atoms with Crippen LogP contribution >= 0.6 is 0 Å². The Bertz CT molecular complexity index is 698. The van der Waals surface area contributed by atoms with Gasteiger partial charge in [-0.3, -0.25) is 5.10 Å². The van der Waals surface area contributed by atoms with E-state index in [9.17, 15) is 18.5 Å².